The Bertz CT molecular complexity index is 896. The number of carbonyl (C=O) groups excluding carboxylic acids is 1. The summed E-state index contributed by atoms with van der Waals surface area (Å²) in [4.78, 5) is 10.1. The average molecular weight is 363 g/mol. The van der Waals surface area contributed by atoms with Crippen LogP contribution in [0.15, 0.2) is 48.5 Å². The number of benzene rings is 2. The maximum atomic E-state index is 10.1. The second-order valence-corrected chi connectivity index (χ2v) is 7.31. The molecule has 1 aliphatic rings. The number of nitrogens with one attached hydrogen (secondary N) is 1. The summed E-state index contributed by atoms with van der Waals surface area (Å²) in [6.07, 6.45) is 6.00. The van der Waals surface area contributed by atoms with Crippen molar-refractivity contribution in [1.29, 1.82) is 0 Å². The molecule has 3 nitrogen and oxygen atoms in total. The van der Waals surface area contributed by atoms with E-state index in [9.17, 15) is 4.79 Å². The molecule has 1 atom stereocenters. The molecular weight excluding hydrogens is 332 g/mol. The quantitative estimate of drug-likeness (QED) is 0.624. The van der Waals surface area contributed by atoms with Crippen LogP contribution in [-0.4, -0.2) is 11.0 Å². The van der Waals surface area contributed by atoms with Crippen molar-refractivity contribution in [3.8, 4) is 0 Å². The monoisotopic (exact) mass is 362 g/mol. The summed E-state index contributed by atoms with van der Waals surface area (Å²) in [5.74, 6) is 0. The van der Waals surface area contributed by atoms with Crippen molar-refractivity contribution in [3.63, 3.8) is 0 Å². The Hall–Kier alpha value is -2.55. The van der Waals surface area contributed by atoms with Gasteiger partial charge in [0.2, 0.25) is 6.41 Å². The molecule has 27 heavy (non-hydrogen) atoms. The predicted molar refractivity (Wildman–Crippen MR) is 113 cm³/mol. The van der Waals surface area contributed by atoms with Crippen LogP contribution in [0.3, 0.4) is 0 Å². The predicted octanol–water partition coefficient (Wildman–Crippen LogP) is 5.34. The Morgan fingerprint density at radius 2 is 1.85 bits per heavy atom. The van der Waals surface area contributed by atoms with Gasteiger partial charge in [0.25, 0.3) is 0 Å². The third kappa shape index (κ3) is 4.24. The lowest BCUT2D eigenvalue weighted by Crippen LogP contribution is -2.15. The number of aromatic nitrogens is 1. The van der Waals surface area contributed by atoms with Gasteiger partial charge in [0.15, 0.2) is 0 Å². The molecule has 1 unspecified atom stereocenters. The van der Waals surface area contributed by atoms with Crippen molar-refractivity contribution in [2.45, 2.75) is 59.0 Å². The highest BCUT2D eigenvalue weighted by molar-refractivity contribution is 5.86. The van der Waals surface area contributed by atoms with Crippen LogP contribution in [0, 0.1) is 6.92 Å². The molecule has 142 valence electrons. The van der Waals surface area contributed by atoms with Crippen molar-refractivity contribution in [3.05, 3.63) is 70.9 Å². The molecule has 0 fully saturated rings. The molecule has 2 aromatic carbocycles. The molecule has 0 bridgehead atoms. The van der Waals surface area contributed by atoms with E-state index in [0.717, 1.165) is 18.5 Å². The van der Waals surface area contributed by atoms with Crippen molar-refractivity contribution in [1.82, 2.24) is 9.88 Å². The van der Waals surface area contributed by atoms with Crippen molar-refractivity contribution < 1.29 is 4.79 Å². The van der Waals surface area contributed by atoms with Crippen LogP contribution in [0.1, 0.15) is 55.1 Å². The minimum absolute atomic E-state index is 0.105. The fourth-order valence-corrected chi connectivity index (χ4v) is 4.05. The third-order valence-electron chi connectivity index (χ3n) is 5.47. The SMILES string of the molecule is CC(NC=O)c1ccccc1.CCn1c2c(c3cc(C)ccc31)CCCC2. The Morgan fingerprint density at radius 3 is 2.56 bits per heavy atom. The van der Waals surface area contributed by atoms with Gasteiger partial charge in [-0.1, -0.05) is 42.0 Å². The standard InChI is InChI=1S/C15H19N.C9H11NO/c1-3-16-14-7-5-4-6-12(14)13-10-11(2)8-9-15(13)16;1-8(10-7-11)9-5-3-2-4-6-9/h8-10H,3-7H2,1-2H3;2-8H,1H3,(H,10,11). The van der Waals surface area contributed by atoms with Gasteiger partial charge in [0.05, 0.1) is 6.04 Å². The molecular formula is C24H30N2O. The molecule has 1 aliphatic carbocycles. The van der Waals surface area contributed by atoms with Crippen LogP contribution >= 0.6 is 0 Å². The molecule has 1 aromatic heterocycles. The minimum Gasteiger partial charge on any atom is -0.352 e. The lowest BCUT2D eigenvalue weighted by molar-refractivity contribution is -0.110. The topological polar surface area (TPSA) is 34.0 Å². The Morgan fingerprint density at radius 1 is 1.11 bits per heavy atom. The molecule has 1 N–H and O–H groups in total. The Kier molecular flexibility index (Phi) is 6.33. The number of rotatable bonds is 4. The third-order valence-corrected chi connectivity index (χ3v) is 5.47. The summed E-state index contributed by atoms with van der Waals surface area (Å²) < 4.78 is 2.52. The van der Waals surface area contributed by atoms with Gasteiger partial charge in [-0.15, -0.1) is 0 Å². The minimum atomic E-state index is 0.105. The maximum Gasteiger partial charge on any atom is 0.207 e. The van der Waals surface area contributed by atoms with E-state index >= 15 is 0 Å². The number of aryl methyl sites for hydroxylation is 3. The summed E-state index contributed by atoms with van der Waals surface area (Å²) in [5.41, 5.74) is 7.19. The van der Waals surface area contributed by atoms with Crippen molar-refractivity contribution in [2.75, 3.05) is 0 Å². The fourth-order valence-electron chi connectivity index (χ4n) is 4.05. The van der Waals surface area contributed by atoms with Gasteiger partial charge in [-0.05, 0) is 69.7 Å². The number of hydrogen-bond donors (Lipinski definition) is 1. The molecule has 3 aromatic rings. The second-order valence-electron chi connectivity index (χ2n) is 7.31. The lowest BCUT2D eigenvalue weighted by Gasteiger charge is -2.14. The van der Waals surface area contributed by atoms with E-state index in [1.54, 1.807) is 11.3 Å². The zero-order chi connectivity index (χ0) is 19.2. The smallest absolute Gasteiger partial charge is 0.207 e. The van der Waals surface area contributed by atoms with Crippen molar-refractivity contribution in [2.24, 2.45) is 0 Å². The van der Waals surface area contributed by atoms with Gasteiger partial charge in [0.1, 0.15) is 0 Å². The molecule has 0 radical (unpaired) electrons. The second kappa shape index (κ2) is 8.90. The van der Waals surface area contributed by atoms with E-state index in [1.165, 1.54) is 42.1 Å². The van der Waals surface area contributed by atoms with E-state index in [0.29, 0.717) is 0 Å². The summed E-state index contributed by atoms with van der Waals surface area (Å²) in [6.45, 7) is 7.50. The number of fused-ring (bicyclic) bond motifs is 3. The van der Waals surface area contributed by atoms with Crippen LogP contribution in [0.2, 0.25) is 0 Å². The molecule has 4 rings (SSSR count). The zero-order valence-corrected chi connectivity index (χ0v) is 16.7. The van der Waals surface area contributed by atoms with E-state index in [2.05, 4.69) is 41.9 Å². The highest BCUT2D eigenvalue weighted by Crippen LogP contribution is 2.32. The van der Waals surface area contributed by atoms with E-state index in [-0.39, 0.29) is 6.04 Å². The normalized spacial score (nSPS) is 14.0. The van der Waals surface area contributed by atoms with Gasteiger partial charge in [-0.2, -0.15) is 0 Å². The summed E-state index contributed by atoms with van der Waals surface area (Å²) in [7, 11) is 0. The van der Waals surface area contributed by atoms with Crippen LogP contribution in [0.5, 0.6) is 0 Å². The first-order valence-electron chi connectivity index (χ1n) is 10.0. The first kappa shape index (κ1) is 19.2. The number of hydrogen-bond acceptors (Lipinski definition) is 1. The maximum absolute atomic E-state index is 10.1. The Labute approximate surface area is 162 Å². The summed E-state index contributed by atoms with van der Waals surface area (Å²) in [6, 6.07) is 16.8. The molecule has 0 saturated heterocycles. The van der Waals surface area contributed by atoms with Crippen LogP contribution in [-0.2, 0) is 24.2 Å². The average Bonchev–Trinajstić information content (AvgIpc) is 3.02. The Balaban J connectivity index is 0.000000168. The van der Waals surface area contributed by atoms with E-state index < -0.39 is 0 Å². The van der Waals surface area contributed by atoms with Crippen molar-refractivity contribution >= 4 is 17.3 Å². The number of carbonyl (C=O) groups is 1. The van der Waals surface area contributed by atoms with Crippen LogP contribution in [0.25, 0.3) is 10.9 Å². The van der Waals surface area contributed by atoms with Gasteiger partial charge in [0, 0.05) is 23.1 Å². The zero-order valence-electron chi connectivity index (χ0n) is 16.7. The molecule has 1 heterocycles. The molecule has 0 saturated carbocycles. The summed E-state index contributed by atoms with van der Waals surface area (Å²) in [5, 5.41) is 4.19. The van der Waals surface area contributed by atoms with E-state index in [4.69, 9.17) is 0 Å². The summed E-state index contributed by atoms with van der Waals surface area (Å²) >= 11 is 0. The molecule has 3 heteroatoms. The lowest BCUT2D eigenvalue weighted by atomic mass is 9.95. The number of amides is 1. The largest absolute Gasteiger partial charge is 0.352 e. The van der Waals surface area contributed by atoms with Gasteiger partial charge < -0.3 is 9.88 Å². The molecule has 0 aliphatic heterocycles. The highest BCUT2D eigenvalue weighted by atomic mass is 16.1. The highest BCUT2D eigenvalue weighted by Gasteiger charge is 2.18. The first-order valence-corrected chi connectivity index (χ1v) is 10.0. The van der Waals surface area contributed by atoms with Gasteiger partial charge >= 0.3 is 0 Å². The van der Waals surface area contributed by atoms with Crippen LogP contribution < -0.4 is 5.32 Å². The van der Waals surface area contributed by atoms with Gasteiger partial charge in [-0.25, -0.2) is 0 Å². The van der Waals surface area contributed by atoms with Gasteiger partial charge in [-0.3, -0.25) is 4.79 Å². The number of nitrogens with zero attached hydrogens (tertiary/aromatic N) is 1. The van der Waals surface area contributed by atoms with Crippen LogP contribution in [0.4, 0.5) is 0 Å². The fraction of sp³-hybridized carbons (Fsp3) is 0.375. The molecule has 1 amide bonds. The first-order chi connectivity index (χ1) is 13.2. The molecule has 0 spiro atoms. The van der Waals surface area contributed by atoms with E-state index in [1.807, 2.05) is 37.3 Å².